The van der Waals surface area contributed by atoms with Gasteiger partial charge >= 0.3 is 0 Å². The highest BCUT2D eigenvalue weighted by Crippen LogP contribution is 2.35. The van der Waals surface area contributed by atoms with Gasteiger partial charge in [0.2, 0.25) is 0 Å². The monoisotopic (exact) mass is 397 g/mol. The number of likely N-dealkylation sites (tertiary alicyclic amines) is 1. The van der Waals surface area contributed by atoms with E-state index in [-0.39, 0.29) is 11.4 Å². The molecule has 1 aliphatic carbocycles. The predicted octanol–water partition coefficient (Wildman–Crippen LogP) is 4.84. The van der Waals surface area contributed by atoms with Gasteiger partial charge in [0.25, 0.3) is 5.91 Å². The molecule has 4 rings (SSSR count). The Labute approximate surface area is 177 Å². The van der Waals surface area contributed by atoms with E-state index in [1.54, 1.807) is 0 Å². The van der Waals surface area contributed by atoms with Crippen LogP contribution in [0.4, 0.5) is 5.69 Å². The quantitative estimate of drug-likeness (QED) is 0.772. The molecule has 0 radical (unpaired) electrons. The van der Waals surface area contributed by atoms with Gasteiger partial charge in [-0.2, -0.15) is 0 Å². The van der Waals surface area contributed by atoms with E-state index in [0.29, 0.717) is 0 Å². The van der Waals surface area contributed by atoms with E-state index in [4.69, 9.17) is 0 Å². The minimum atomic E-state index is 0.0887. The standard InChI is InChI=1S/C25H39N3O/c1-21-12-18-27(19-13-21)23-10-8-22(9-11-23)24(29)26-20-25(14-4-2-5-15-25)28-16-6-3-7-17-28/h8-11,21H,2-7,12-20H2,1H3,(H,26,29). The van der Waals surface area contributed by atoms with E-state index >= 15 is 0 Å². The molecule has 1 N–H and O–H groups in total. The van der Waals surface area contributed by atoms with Crippen molar-refractivity contribution in [1.29, 1.82) is 0 Å². The van der Waals surface area contributed by atoms with Crippen LogP contribution < -0.4 is 10.2 Å². The van der Waals surface area contributed by atoms with Gasteiger partial charge < -0.3 is 10.2 Å². The minimum Gasteiger partial charge on any atom is -0.372 e. The lowest BCUT2D eigenvalue weighted by Crippen LogP contribution is -2.58. The zero-order valence-corrected chi connectivity index (χ0v) is 18.3. The first-order valence-electron chi connectivity index (χ1n) is 12.0. The number of nitrogens with one attached hydrogen (secondary N) is 1. The van der Waals surface area contributed by atoms with E-state index in [1.165, 1.54) is 83.0 Å². The Bertz CT molecular complexity index is 651. The van der Waals surface area contributed by atoms with Crippen molar-refractivity contribution in [2.24, 2.45) is 5.92 Å². The molecule has 0 unspecified atom stereocenters. The second kappa shape index (κ2) is 9.51. The molecule has 2 aliphatic heterocycles. The molecule has 0 spiro atoms. The van der Waals surface area contributed by atoms with E-state index in [0.717, 1.165) is 31.1 Å². The summed E-state index contributed by atoms with van der Waals surface area (Å²) in [4.78, 5) is 18.1. The Hall–Kier alpha value is -1.55. The summed E-state index contributed by atoms with van der Waals surface area (Å²) in [6.45, 7) is 7.82. The molecular weight excluding hydrogens is 358 g/mol. The van der Waals surface area contributed by atoms with Gasteiger partial charge in [-0.05, 0) is 81.8 Å². The summed E-state index contributed by atoms with van der Waals surface area (Å²) >= 11 is 0. The summed E-state index contributed by atoms with van der Waals surface area (Å²) < 4.78 is 0. The molecule has 3 aliphatic rings. The van der Waals surface area contributed by atoms with Crippen LogP contribution in [-0.4, -0.2) is 49.1 Å². The van der Waals surface area contributed by atoms with E-state index < -0.39 is 0 Å². The molecular formula is C25H39N3O. The normalized spacial score (nSPS) is 23.7. The molecule has 1 amide bonds. The van der Waals surface area contributed by atoms with Crippen molar-refractivity contribution in [3.63, 3.8) is 0 Å². The van der Waals surface area contributed by atoms with Gasteiger partial charge in [-0.25, -0.2) is 0 Å². The second-order valence-electron chi connectivity index (χ2n) is 9.73. The van der Waals surface area contributed by atoms with Crippen LogP contribution in [0.3, 0.4) is 0 Å². The van der Waals surface area contributed by atoms with Gasteiger partial charge in [0.15, 0.2) is 0 Å². The summed E-state index contributed by atoms with van der Waals surface area (Å²) in [5.41, 5.74) is 2.24. The topological polar surface area (TPSA) is 35.6 Å². The fourth-order valence-electron chi connectivity index (χ4n) is 5.62. The molecule has 4 heteroatoms. The largest absolute Gasteiger partial charge is 0.372 e. The molecule has 29 heavy (non-hydrogen) atoms. The summed E-state index contributed by atoms with van der Waals surface area (Å²) in [6, 6.07) is 8.28. The van der Waals surface area contributed by atoms with Gasteiger partial charge in [0.1, 0.15) is 0 Å². The molecule has 0 atom stereocenters. The van der Waals surface area contributed by atoms with Crippen LogP contribution in [0, 0.1) is 5.92 Å². The van der Waals surface area contributed by atoms with Crippen LogP contribution in [0.15, 0.2) is 24.3 Å². The summed E-state index contributed by atoms with van der Waals surface area (Å²) in [5, 5.41) is 3.32. The van der Waals surface area contributed by atoms with Crippen molar-refractivity contribution in [2.45, 2.75) is 76.7 Å². The highest BCUT2D eigenvalue weighted by atomic mass is 16.1. The number of rotatable bonds is 5. The maximum atomic E-state index is 12.9. The van der Waals surface area contributed by atoms with Crippen molar-refractivity contribution in [3.05, 3.63) is 29.8 Å². The molecule has 0 bridgehead atoms. The van der Waals surface area contributed by atoms with Crippen LogP contribution in [-0.2, 0) is 0 Å². The van der Waals surface area contributed by atoms with Gasteiger partial charge in [0, 0.05) is 36.4 Å². The van der Waals surface area contributed by atoms with Crippen LogP contribution in [0.1, 0.15) is 81.5 Å². The lowest BCUT2D eigenvalue weighted by molar-refractivity contribution is 0.0326. The number of anilines is 1. The Morgan fingerprint density at radius 2 is 1.55 bits per heavy atom. The van der Waals surface area contributed by atoms with Gasteiger partial charge in [0.05, 0.1) is 0 Å². The zero-order chi connectivity index (χ0) is 20.1. The number of benzene rings is 1. The highest BCUT2D eigenvalue weighted by molar-refractivity contribution is 5.94. The molecule has 3 fully saturated rings. The van der Waals surface area contributed by atoms with Gasteiger partial charge in [-0.15, -0.1) is 0 Å². The van der Waals surface area contributed by atoms with Crippen molar-refractivity contribution in [1.82, 2.24) is 10.2 Å². The summed E-state index contributed by atoms with van der Waals surface area (Å²) in [7, 11) is 0. The van der Waals surface area contributed by atoms with Crippen molar-refractivity contribution in [2.75, 3.05) is 37.6 Å². The lowest BCUT2D eigenvalue weighted by Gasteiger charge is -2.48. The van der Waals surface area contributed by atoms with Crippen molar-refractivity contribution < 1.29 is 4.79 Å². The maximum absolute atomic E-state index is 12.9. The number of carbonyl (C=O) groups is 1. The van der Waals surface area contributed by atoms with Gasteiger partial charge in [-0.1, -0.05) is 32.6 Å². The molecule has 2 heterocycles. The highest BCUT2D eigenvalue weighted by Gasteiger charge is 2.38. The van der Waals surface area contributed by atoms with Crippen LogP contribution in [0.5, 0.6) is 0 Å². The third-order valence-corrected chi connectivity index (χ3v) is 7.67. The third-order valence-electron chi connectivity index (χ3n) is 7.67. The molecule has 1 saturated carbocycles. The minimum absolute atomic E-state index is 0.0887. The number of nitrogens with zero attached hydrogens (tertiary/aromatic N) is 2. The fourth-order valence-corrected chi connectivity index (χ4v) is 5.62. The fraction of sp³-hybridized carbons (Fsp3) is 0.720. The molecule has 1 aromatic rings. The van der Waals surface area contributed by atoms with Gasteiger partial charge in [-0.3, -0.25) is 9.69 Å². The average molecular weight is 398 g/mol. The number of piperidine rings is 2. The molecule has 160 valence electrons. The number of carbonyl (C=O) groups excluding carboxylic acids is 1. The van der Waals surface area contributed by atoms with Crippen LogP contribution in [0.2, 0.25) is 0 Å². The summed E-state index contributed by atoms with van der Waals surface area (Å²) in [6.07, 6.45) is 12.9. The Balaban J connectivity index is 1.36. The Morgan fingerprint density at radius 1 is 0.931 bits per heavy atom. The molecule has 0 aromatic heterocycles. The first-order valence-corrected chi connectivity index (χ1v) is 12.0. The maximum Gasteiger partial charge on any atom is 0.251 e. The molecule has 4 nitrogen and oxygen atoms in total. The molecule has 1 aromatic carbocycles. The first-order chi connectivity index (χ1) is 14.2. The van der Waals surface area contributed by atoms with E-state index in [9.17, 15) is 4.79 Å². The Kier molecular flexibility index (Phi) is 6.79. The first kappa shape index (κ1) is 20.7. The number of hydrogen-bond acceptors (Lipinski definition) is 3. The second-order valence-corrected chi connectivity index (χ2v) is 9.73. The zero-order valence-electron chi connectivity index (χ0n) is 18.3. The van der Waals surface area contributed by atoms with Crippen molar-refractivity contribution in [3.8, 4) is 0 Å². The predicted molar refractivity (Wildman–Crippen MR) is 121 cm³/mol. The Morgan fingerprint density at radius 3 is 2.21 bits per heavy atom. The SMILES string of the molecule is CC1CCN(c2ccc(C(=O)NCC3(N4CCCCC4)CCCCC3)cc2)CC1. The lowest BCUT2D eigenvalue weighted by atomic mass is 9.79. The molecule has 2 saturated heterocycles. The van der Waals surface area contributed by atoms with E-state index in [2.05, 4.69) is 34.2 Å². The van der Waals surface area contributed by atoms with Crippen molar-refractivity contribution >= 4 is 11.6 Å². The summed E-state index contributed by atoms with van der Waals surface area (Å²) in [5.74, 6) is 0.925. The van der Waals surface area contributed by atoms with Crippen LogP contribution >= 0.6 is 0 Å². The smallest absolute Gasteiger partial charge is 0.251 e. The third kappa shape index (κ3) is 4.96. The van der Waals surface area contributed by atoms with E-state index in [1.807, 2.05) is 12.1 Å². The average Bonchev–Trinajstić information content (AvgIpc) is 2.79. The van der Waals surface area contributed by atoms with Crippen LogP contribution in [0.25, 0.3) is 0 Å². The number of amides is 1. The number of hydrogen-bond donors (Lipinski definition) is 1.